The topological polar surface area (TPSA) is 111 Å². The molecule has 12 heteroatoms. The molecule has 3 aromatic heterocycles. The number of pyridine rings is 2. The first kappa shape index (κ1) is 30.0. The van der Waals surface area contributed by atoms with Gasteiger partial charge in [-0.05, 0) is 70.0 Å². The van der Waals surface area contributed by atoms with Gasteiger partial charge in [0.15, 0.2) is 5.79 Å². The van der Waals surface area contributed by atoms with Crippen molar-refractivity contribution in [2.75, 3.05) is 25.6 Å². The van der Waals surface area contributed by atoms with Gasteiger partial charge in [0, 0.05) is 42.8 Å². The summed E-state index contributed by atoms with van der Waals surface area (Å²) in [6.07, 6.45) is 6.05. The van der Waals surface area contributed by atoms with E-state index in [1.807, 2.05) is 18.2 Å². The van der Waals surface area contributed by atoms with Crippen molar-refractivity contribution in [1.82, 2.24) is 24.2 Å². The van der Waals surface area contributed by atoms with Crippen molar-refractivity contribution in [2.24, 2.45) is 0 Å². The second-order valence-electron chi connectivity index (χ2n) is 13.9. The van der Waals surface area contributed by atoms with E-state index in [1.54, 1.807) is 37.6 Å². The third kappa shape index (κ3) is 4.88. The highest BCUT2D eigenvalue weighted by molar-refractivity contribution is 6.11. The number of imidazole rings is 1. The molecule has 4 aliphatic rings. The number of anilines is 2. The smallest absolute Gasteiger partial charge is 0.417 e. The molecule has 0 bridgehead atoms. The van der Waals surface area contributed by atoms with Crippen LogP contribution >= 0.6 is 0 Å². The third-order valence-corrected chi connectivity index (χ3v) is 9.96. The maximum absolute atomic E-state index is 14.0. The lowest BCUT2D eigenvalue weighted by Gasteiger charge is -2.45. The van der Waals surface area contributed by atoms with E-state index in [2.05, 4.69) is 28.3 Å². The molecule has 6 heterocycles. The molecule has 0 atom stereocenters. The van der Waals surface area contributed by atoms with Crippen LogP contribution in [0, 0.1) is 5.82 Å². The average Bonchev–Trinajstić information content (AvgIpc) is 3.79. The maximum Gasteiger partial charge on any atom is 0.417 e. The van der Waals surface area contributed by atoms with E-state index in [4.69, 9.17) is 19.2 Å². The zero-order valence-electron chi connectivity index (χ0n) is 26.9. The van der Waals surface area contributed by atoms with Crippen LogP contribution in [0.2, 0.25) is 0 Å². The van der Waals surface area contributed by atoms with Crippen LogP contribution in [0.15, 0.2) is 48.8 Å². The predicted octanol–water partition coefficient (Wildman–Crippen LogP) is 6.13. The van der Waals surface area contributed by atoms with Crippen molar-refractivity contribution in [3.8, 4) is 11.3 Å². The van der Waals surface area contributed by atoms with Gasteiger partial charge in [-0.3, -0.25) is 14.1 Å². The van der Waals surface area contributed by atoms with Crippen LogP contribution in [0.25, 0.3) is 16.9 Å². The predicted molar refractivity (Wildman–Crippen MR) is 170 cm³/mol. The fourth-order valence-electron chi connectivity index (χ4n) is 7.70. The Bertz CT molecular complexity index is 1930. The molecule has 244 valence electrons. The van der Waals surface area contributed by atoms with Crippen LogP contribution in [0.3, 0.4) is 0 Å². The molecule has 11 nitrogen and oxygen atoms in total. The molecular weight excluding hydrogens is 603 g/mol. The lowest BCUT2D eigenvalue weighted by Crippen LogP contribution is -2.47. The Morgan fingerprint density at radius 3 is 2.55 bits per heavy atom. The number of nitrogens with one attached hydrogen (secondary N) is 1. The van der Waals surface area contributed by atoms with Gasteiger partial charge in [-0.2, -0.15) is 0 Å². The summed E-state index contributed by atoms with van der Waals surface area (Å²) in [5.41, 5.74) is 4.66. The van der Waals surface area contributed by atoms with E-state index in [0.29, 0.717) is 59.3 Å². The number of rotatable bonds is 3. The second kappa shape index (κ2) is 10.6. The minimum Gasteiger partial charge on any atom is -0.443 e. The number of halogens is 1. The van der Waals surface area contributed by atoms with Crippen LogP contribution in [0.1, 0.15) is 73.6 Å². The quantitative estimate of drug-likeness (QED) is 0.283. The van der Waals surface area contributed by atoms with Gasteiger partial charge >= 0.3 is 6.09 Å². The molecule has 3 aliphatic heterocycles. The van der Waals surface area contributed by atoms with E-state index in [0.717, 1.165) is 36.3 Å². The normalized spacial score (nSPS) is 19.9. The Balaban J connectivity index is 1.14. The van der Waals surface area contributed by atoms with E-state index >= 15 is 0 Å². The van der Waals surface area contributed by atoms with Crippen LogP contribution < -0.4 is 5.32 Å². The Morgan fingerprint density at radius 2 is 1.81 bits per heavy atom. The number of aromatic nitrogens is 3. The fourth-order valence-corrected chi connectivity index (χ4v) is 7.70. The number of ether oxygens (including phenoxy) is 3. The monoisotopic (exact) mass is 640 g/mol. The summed E-state index contributed by atoms with van der Waals surface area (Å²) in [6.45, 7) is 7.31. The molecule has 8 rings (SSSR count). The molecular formula is C35H37FN6O5. The van der Waals surface area contributed by atoms with E-state index in [1.165, 1.54) is 17.7 Å². The highest BCUT2D eigenvalue weighted by Crippen LogP contribution is 2.52. The van der Waals surface area contributed by atoms with Gasteiger partial charge in [0.2, 0.25) is 0 Å². The molecule has 0 radical (unpaired) electrons. The van der Waals surface area contributed by atoms with Gasteiger partial charge in [0.05, 0.1) is 48.6 Å². The lowest BCUT2D eigenvalue weighted by atomic mass is 9.75. The summed E-state index contributed by atoms with van der Waals surface area (Å²) >= 11 is 0. The van der Waals surface area contributed by atoms with Gasteiger partial charge in [-0.1, -0.05) is 12.1 Å². The van der Waals surface area contributed by atoms with Gasteiger partial charge in [0.1, 0.15) is 22.9 Å². The standard InChI is InChI=1S/C35H37FN6O5/c1-33(2,3)47-32(44)42-19-23-22(27-18-37-29-17-21(36)9-14-41(27)29)5-7-25(30(23)31(42)43)38-28-8-6-24-26(39-28)20-40(4)34(24)10-12-35(13-11-34)45-15-16-46-35/h5-9,14,17-18H,10-13,15-16,19-20H2,1-4H3,(H,38,39). The Morgan fingerprint density at radius 1 is 1.04 bits per heavy atom. The first-order chi connectivity index (χ1) is 22.5. The summed E-state index contributed by atoms with van der Waals surface area (Å²) < 4.78 is 33.3. The number of carbonyl (C=O) groups excluding carboxylic acids is 2. The van der Waals surface area contributed by atoms with Crippen molar-refractivity contribution in [3.05, 3.63) is 77.0 Å². The molecule has 4 aromatic rings. The molecule has 2 amide bonds. The lowest BCUT2D eigenvalue weighted by molar-refractivity contribution is -0.193. The van der Waals surface area contributed by atoms with E-state index in [-0.39, 0.29) is 12.1 Å². The Labute approximate surface area is 271 Å². The summed E-state index contributed by atoms with van der Waals surface area (Å²) in [4.78, 5) is 40.1. The van der Waals surface area contributed by atoms with Crippen LogP contribution in [-0.2, 0) is 32.8 Å². The van der Waals surface area contributed by atoms with E-state index < -0.39 is 29.2 Å². The first-order valence-corrected chi connectivity index (χ1v) is 16.1. The number of hydrogen-bond donors (Lipinski definition) is 1. The van der Waals surface area contributed by atoms with Crippen LogP contribution in [0.4, 0.5) is 20.7 Å². The zero-order chi connectivity index (χ0) is 32.7. The van der Waals surface area contributed by atoms with Crippen molar-refractivity contribution in [1.29, 1.82) is 0 Å². The third-order valence-electron chi connectivity index (χ3n) is 9.96. The molecule has 1 aliphatic carbocycles. The SMILES string of the molecule is CN1Cc2nc(Nc3ccc(-c4cnc5cc(F)ccn45)c4c3C(=O)N(C(=O)OC(C)(C)C)C4)ccc2C12CCC1(CC2)OCCO1. The number of imide groups is 1. The molecule has 1 saturated carbocycles. The summed E-state index contributed by atoms with van der Waals surface area (Å²) in [6, 6.07) is 10.5. The van der Waals surface area contributed by atoms with Crippen molar-refractivity contribution >= 4 is 29.2 Å². The van der Waals surface area contributed by atoms with Gasteiger partial charge in [0.25, 0.3) is 5.91 Å². The van der Waals surface area contributed by atoms with Crippen molar-refractivity contribution in [3.63, 3.8) is 0 Å². The molecule has 0 unspecified atom stereocenters. The van der Waals surface area contributed by atoms with Crippen molar-refractivity contribution < 1.29 is 28.2 Å². The minimum absolute atomic E-state index is 0.0161. The number of hydrogen-bond acceptors (Lipinski definition) is 9. The highest BCUT2D eigenvalue weighted by Gasteiger charge is 2.52. The molecule has 1 aromatic carbocycles. The van der Waals surface area contributed by atoms with Crippen molar-refractivity contribution in [2.45, 2.75) is 76.5 Å². The number of benzene rings is 1. The Hall–Kier alpha value is -4.39. The summed E-state index contributed by atoms with van der Waals surface area (Å²) in [7, 11) is 2.15. The minimum atomic E-state index is -0.781. The van der Waals surface area contributed by atoms with Gasteiger partial charge < -0.3 is 19.5 Å². The highest BCUT2D eigenvalue weighted by atomic mass is 19.1. The molecule has 2 fully saturated rings. The first-order valence-electron chi connectivity index (χ1n) is 16.1. The van der Waals surface area contributed by atoms with E-state index in [9.17, 15) is 14.0 Å². The fraction of sp³-hybridized carbons (Fsp3) is 0.429. The van der Waals surface area contributed by atoms with Gasteiger partial charge in [-0.25, -0.2) is 24.1 Å². The maximum atomic E-state index is 14.0. The molecule has 2 spiro atoms. The molecule has 47 heavy (non-hydrogen) atoms. The van der Waals surface area contributed by atoms with Gasteiger partial charge in [-0.15, -0.1) is 0 Å². The molecule has 1 N–H and O–H groups in total. The Kier molecular flexibility index (Phi) is 6.74. The average molecular weight is 641 g/mol. The summed E-state index contributed by atoms with van der Waals surface area (Å²) in [5.74, 6) is -0.706. The number of amides is 2. The zero-order valence-corrected chi connectivity index (χ0v) is 26.9. The number of carbonyl (C=O) groups is 2. The second-order valence-corrected chi connectivity index (χ2v) is 13.9. The number of nitrogens with zero attached hydrogens (tertiary/aromatic N) is 5. The van der Waals surface area contributed by atoms with Crippen LogP contribution in [0.5, 0.6) is 0 Å². The summed E-state index contributed by atoms with van der Waals surface area (Å²) in [5, 5.41) is 3.39. The van der Waals surface area contributed by atoms with Crippen LogP contribution in [-0.4, -0.2) is 67.8 Å². The molecule has 1 saturated heterocycles. The largest absolute Gasteiger partial charge is 0.443 e. The number of fused-ring (bicyclic) bond motifs is 4.